The summed E-state index contributed by atoms with van der Waals surface area (Å²) in [6.07, 6.45) is 3.58. The first-order valence-corrected chi connectivity index (χ1v) is 14.2. The molecule has 0 unspecified atom stereocenters. The molecule has 0 spiro atoms. The number of rotatable bonds is 5. The smallest absolute Gasteiger partial charge is 0.291 e. The molecule has 0 radical (unpaired) electrons. The van der Waals surface area contributed by atoms with Gasteiger partial charge >= 0.3 is 0 Å². The van der Waals surface area contributed by atoms with E-state index in [9.17, 15) is 19.6 Å². The molecule has 4 aromatic rings. The predicted octanol–water partition coefficient (Wildman–Crippen LogP) is 4.31. The van der Waals surface area contributed by atoms with Crippen LogP contribution in [0, 0.1) is 11.3 Å². The number of nitriles is 1. The minimum atomic E-state index is -0.883. The molecular formula is C30H28N6O4S. The Labute approximate surface area is 240 Å². The predicted molar refractivity (Wildman–Crippen MR) is 155 cm³/mol. The molecule has 1 atom stereocenters. The first-order chi connectivity index (χ1) is 19.8. The van der Waals surface area contributed by atoms with E-state index in [0.29, 0.717) is 37.4 Å². The molecule has 0 saturated carbocycles. The number of methoxy groups -OCH3 is 1. The van der Waals surface area contributed by atoms with Crippen molar-refractivity contribution in [2.75, 3.05) is 19.0 Å². The number of nitrogens with one attached hydrogen (secondary N) is 1. The molecule has 11 heteroatoms. The molecule has 41 heavy (non-hydrogen) atoms. The van der Waals surface area contributed by atoms with Crippen LogP contribution in [-0.4, -0.2) is 50.0 Å². The third-order valence-corrected chi connectivity index (χ3v) is 8.82. The number of aryl methyl sites for hydroxylation is 2. The Morgan fingerprint density at radius 1 is 1.22 bits per heavy atom. The Kier molecular flexibility index (Phi) is 6.50. The number of imidazole rings is 1. The third-order valence-electron chi connectivity index (χ3n) is 7.94. The molecule has 2 amide bonds. The average Bonchev–Trinajstić information content (AvgIpc) is 3.73. The largest absolute Gasteiger partial charge is 0.496 e. The zero-order valence-electron chi connectivity index (χ0n) is 22.9. The van der Waals surface area contributed by atoms with Crippen LogP contribution in [0.2, 0.25) is 0 Å². The first kappa shape index (κ1) is 26.5. The fourth-order valence-electron chi connectivity index (χ4n) is 5.73. The minimum absolute atomic E-state index is 0.156. The lowest BCUT2D eigenvalue weighted by molar-refractivity contribution is 0.0675. The van der Waals surface area contributed by atoms with Gasteiger partial charge in [-0.1, -0.05) is 6.07 Å². The topological polar surface area (TPSA) is 122 Å². The van der Waals surface area contributed by atoms with Gasteiger partial charge in [0.1, 0.15) is 22.7 Å². The number of benzene rings is 1. The highest BCUT2D eigenvalue weighted by atomic mass is 32.1. The Hall–Kier alpha value is -4.69. The number of thiophene rings is 1. The normalized spacial score (nSPS) is 17.5. The zero-order valence-corrected chi connectivity index (χ0v) is 23.7. The van der Waals surface area contributed by atoms with Crippen molar-refractivity contribution in [3.63, 3.8) is 0 Å². The first-order valence-electron chi connectivity index (χ1n) is 13.3. The van der Waals surface area contributed by atoms with E-state index in [2.05, 4.69) is 11.4 Å². The number of hydrogen-bond acceptors (Lipinski definition) is 7. The maximum atomic E-state index is 13.9. The lowest BCUT2D eigenvalue weighted by Crippen LogP contribution is -2.45. The second-order valence-corrected chi connectivity index (χ2v) is 11.4. The summed E-state index contributed by atoms with van der Waals surface area (Å²) in [7, 11) is 3.12. The summed E-state index contributed by atoms with van der Waals surface area (Å²) in [6.45, 7) is 2.80. The van der Waals surface area contributed by atoms with Crippen molar-refractivity contribution in [1.29, 1.82) is 5.26 Å². The number of amides is 2. The highest BCUT2D eigenvalue weighted by Crippen LogP contribution is 2.43. The molecule has 1 aromatic carbocycles. The number of ether oxygens (including phenoxy) is 1. The van der Waals surface area contributed by atoms with E-state index >= 15 is 0 Å². The van der Waals surface area contributed by atoms with E-state index in [-0.39, 0.29) is 28.5 Å². The van der Waals surface area contributed by atoms with Gasteiger partial charge in [0.15, 0.2) is 5.82 Å². The maximum absolute atomic E-state index is 13.9. The summed E-state index contributed by atoms with van der Waals surface area (Å²) in [6, 6.07) is 13.0. The molecule has 208 valence electrons. The van der Waals surface area contributed by atoms with Crippen LogP contribution >= 0.6 is 11.3 Å². The minimum Gasteiger partial charge on any atom is -0.496 e. The van der Waals surface area contributed by atoms with Crippen LogP contribution in [0.1, 0.15) is 46.3 Å². The average molecular weight is 569 g/mol. The Morgan fingerprint density at radius 2 is 2.05 bits per heavy atom. The second kappa shape index (κ2) is 10.1. The molecule has 1 fully saturated rings. The number of pyridine rings is 1. The summed E-state index contributed by atoms with van der Waals surface area (Å²) >= 11 is 1.51. The molecule has 0 aliphatic carbocycles. The monoisotopic (exact) mass is 568 g/mol. The summed E-state index contributed by atoms with van der Waals surface area (Å²) in [5.74, 6) is -0.0873. The standard InChI is InChI=1S/C30H28N6O4S/c1-30(17-31)10-6-12-36(30)29(39)26-33-24(23-8-5-14-41-23)25-19-16-20(22(40-3)15-18(19)9-13-35(25)26)27(37)32-21-7-4-11-34(2)28(21)38/h4-5,7-8,11,14-16H,6,9-10,12-13H2,1-3H3,(H,32,37)/t30-/m1/s1. The van der Waals surface area contributed by atoms with Crippen molar-refractivity contribution in [2.45, 2.75) is 38.3 Å². The maximum Gasteiger partial charge on any atom is 0.291 e. The van der Waals surface area contributed by atoms with Gasteiger partial charge in [-0.05, 0) is 67.5 Å². The van der Waals surface area contributed by atoms with Crippen LogP contribution in [0.3, 0.4) is 0 Å². The van der Waals surface area contributed by atoms with Crippen LogP contribution in [0.4, 0.5) is 5.69 Å². The van der Waals surface area contributed by atoms with Crippen LogP contribution < -0.4 is 15.6 Å². The number of carbonyl (C=O) groups excluding carboxylic acids is 2. The number of aromatic nitrogens is 3. The number of nitrogens with zero attached hydrogens (tertiary/aromatic N) is 5. The Bertz CT molecular complexity index is 1800. The fourth-order valence-corrected chi connectivity index (χ4v) is 6.44. The number of carbonyl (C=O) groups is 2. The van der Waals surface area contributed by atoms with Crippen molar-refractivity contribution in [2.24, 2.45) is 7.05 Å². The van der Waals surface area contributed by atoms with Crippen molar-refractivity contribution in [3.8, 4) is 33.6 Å². The van der Waals surface area contributed by atoms with Crippen molar-refractivity contribution in [1.82, 2.24) is 19.0 Å². The highest BCUT2D eigenvalue weighted by Gasteiger charge is 2.42. The summed E-state index contributed by atoms with van der Waals surface area (Å²) in [5.41, 5.74) is 2.32. The van der Waals surface area contributed by atoms with Crippen LogP contribution in [0.15, 0.2) is 52.8 Å². The lowest BCUT2D eigenvalue weighted by atomic mass is 9.93. The quantitative estimate of drug-likeness (QED) is 0.383. The van der Waals surface area contributed by atoms with Crippen LogP contribution in [0.5, 0.6) is 5.75 Å². The number of fused-ring (bicyclic) bond motifs is 3. The molecule has 0 bridgehead atoms. The van der Waals surface area contributed by atoms with Gasteiger partial charge in [-0.2, -0.15) is 5.26 Å². The Morgan fingerprint density at radius 3 is 2.78 bits per heavy atom. The second-order valence-electron chi connectivity index (χ2n) is 10.5. The van der Waals surface area contributed by atoms with E-state index in [0.717, 1.165) is 28.1 Å². The van der Waals surface area contributed by atoms with Crippen molar-refractivity contribution < 1.29 is 14.3 Å². The molecule has 2 aliphatic heterocycles. The van der Waals surface area contributed by atoms with Gasteiger partial charge in [-0.15, -0.1) is 11.3 Å². The molecule has 3 aromatic heterocycles. The molecule has 6 rings (SSSR count). The van der Waals surface area contributed by atoms with Crippen molar-refractivity contribution in [3.05, 3.63) is 75.3 Å². The molecule has 1 N–H and O–H groups in total. The van der Waals surface area contributed by atoms with Gasteiger partial charge in [0.25, 0.3) is 17.4 Å². The van der Waals surface area contributed by atoms with Crippen molar-refractivity contribution >= 4 is 28.8 Å². The number of hydrogen-bond donors (Lipinski definition) is 1. The zero-order chi connectivity index (χ0) is 28.9. The van der Waals surface area contributed by atoms with E-state index in [1.807, 2.05) is 28.1 Å². The lowest BCUT2D eigenvalue weighted by Gasteiger charge is -2.29. The molecular weight excluding hydrogens is 540 g/mol. The summed E-state index contributed by atoms with van der Waals surface area (Å²) in [5, 5.41) is 14.5. The fraction of sp³-hybridized carbons (Fsp3) is 0.300. The highest BCUT2D eigenvalue weighted by molar-refractivity contribution is 7.13. The van der Waals surface area contributed by atoms with Crippen LogP contribution in [-0.2, 0) is 20.0 Å². The SMILES string of the molecule is COc1cc2c(cc1C(=O)Nc1cccn(C)c1=O)-c1c(-c3cccs3)nc(C(=O)N3CCC[C@]3(C)C#N)n1CC2. The van der Waals surface area contributed by atoms with E-state index in [1.54, 1.807) is 43.3 Å². The van der Waals surface area contributed by atoms with E-state index < -0.39 is 11.4 Å². The van der Waals surface area contributed by atoms with E-state index in [1.165, 1.54) is 23.0 Å². The van der Waals surface area contributed by atoms with Gasteiger partial charge < -0.3 is 24.1 Å². The number of likely N-dealkylation sites (tertiary alicyclic amines) is 1. The van der Waals surface area contributed by atoms with Gasteiger partial charge in [0.05, 0.1) is 29.3 Å². The molecule has 5 heterocycles. The molecule has 10 nitrogen and oxygen atoms in total. The molecule has 1 saturated heterocycles. The number of anilines is 1. The molecule has 2 aliphatic rings. The van der Waals surface area contributed by atoms with Crippen LogP contribution in [0.25, 0.3) is 21.8 Å². The summed E-state index contributed by atoms with van der Waals surface area (Å²) < 4.78 is 8.91. The Balaban J connectivity index is 1.49. The van der Waals surface area contributed by atoms with Gasteiger partial charge in [-0.3, -0.25) is 14.4 Å². The van der Waals surface area contributed by atoms with Gasteiger partial charge in [-0.25, -0.2) is 4.98 Å². The van der Waals surface area contributed by atoms with E-state index in [4.69, 9.17) is 9.72 Å². The summed E-state index contributed by atoms with van der Waals surface area (Å²) in [4.78, 5) is 47.4. The van der Waals surface area contributed by atoms with Gasteiger partial charge in [0, 0.05) is 31.9 Å². The van der Waals surface area contributed by atoms with Gasteiger partial charge in [0.2, 0.25) is 0 Å². The third kappa shape index (κ3) is 4.31.